The Kier molecular flexibility index (Phi) is 5.44. The third kappa shape index (κ3) is 4.07. The van der Waals surface area contributed by atoms with Gasteiger partial charge in [0.2, 0.25) is 0 Å². The zero-order valence-corrected chi connectivity index (χ0v) is 17.8. The van der Waals surface area contributed by atoms with Gasteiger partial charge in [0.25, 0.3) is 5.91 Å². The molecule has 162 valence electrons. The number of hydrogen-bond acceptors (Lipinski definition) is 3. The number of fused-ring (bicyclic) bond motifs is 1. The summed E-state index contributed by atoms with van der Waals surface area (Å²) in [6.07, 6.45) is 0. The monoisotopic (exact) mass is 433 g/mol. The first kappa shape index (κ1) is 21.2. The Morgan fingerprint density at radius 2 is 1.72 bits per heavy atom. The van der Waals surface area contributed by atoms with Crippen LogP contribution in [0.15, 0.2) is 60.7 Å². The molecule has 2 N–H and O–H groups in total. The third-order valence-corrected chi connectivity index (χ3v) is 5.03. The van der Waals surface area contributed by atoms with E-state index in [-0.39, 0.29) is 23.0 Å². The molecular weight excluding hydrogens is 412 g/mol. The molecule has 32 heavy (non-hydrogen) atoms. The molecule has 1 heterocycles. The highest BCUT2D eigenvalue weighted by Gasteiger charge is 2.18. The summed E-state index contributed by atoms with van der Waals surface area (Å²) < 4.78 is 29.5. The van der Waals surface area contributed by atoms with Crippen molar-refractivity contribution in [2.75, 3.05) is 19.4 Å². The van der Waals surface area contributed by atoms with Crippen LogP contribution in [0.2, 0.25) is 0 Å². The number of amides is 1. The molecule has 0 aliphatic heterocycles. The fourth-order valence-corrected chi connectivity index (χ4v) is 3.40. The van der Waals surface area contributed by atoms with Gasteiger partial charge in [-0.2, -0.15) is 5.10 Å². The first-order valence-corrected chi connectivity index (χ1v) is 9.86. The van der Waals surface area contributed by atoms with Crippen molar-refractivity contribution in [3.63, 3.8) is 0 Å². The van der Waals surface area contributed by atoms with Crippen molar-refractivity contribution < 1.29 is 13.6 Å². The van der Waals surface area contributed by atoms with Crippen LogP contribution in [0.4, 0.5) is 14.5 Å². The van der Waals surface area contributed by atoms with Gasteiger partial charge in [-0.1, -0.05) is 12.1 Å². The van der Waals surface area contributed by atoms with Crippen LogP contribution < -0.4 is 5.32 Å². The van der Waals surface area contributed by atoms with Crippen molar-refractivity contribution in [1.29, 1.82) is 5.41 Å². The molecule has 0 bridgehead atoms. The highest BCUT2D eigenvalue weighted by Crippen LogP contribution is 2.23. The summed E-state index contributed by atoms with van der Waals surface area (Å²) in [5, 5.41) is 16.5. The summed E-state index contributed by atoms with van der Waals surface area (Å²) in [5.41, 5.74) is 1.87. The molecule has 0 aliphatic rings. The van der Waals surface area contributed by atoms with Gasteiger partial charge in [0, 0.05) is 19.7 Å². The summed E-state index contributed by atoms with van der Waals surface area (Å²) in [5.74, 6) is -1.34. The van der Waals surface area contributed by atoms with Crippen LogP contribution >= 0.6 is 0 Å². The molecule has 6 nitrogen and oxygen atoms in total. The van der Waals surface area contributed by atoms with Crippen molar-refractivity contribution in [3.05, 3.63) is 89.2 Å². The van der Waals surface area contributed by atoms with Crippen LogP contribution in [0.5, 0.6) is 0 Å². The lowest BCUT2D eigenvalue weighted by atomic mass is 10.1. The zero-order chi connectivity index (χ0) is 23.0. The Balaban J connectivity index is 1.65. The number of carbonyl (C=O) groups excluding carboxylic acids is 1. The minimum Gasteiger partial charge on any atom is -0.363 e. The van der Waals surface area contributed by atoms with E-state index in [0.29, 0.717) is 16.9 Å². The third-order valence-electron chi connectivity index (χ3n) is 5.03. The van der Waals surface area contributed by atoms with Gasteiger partial charge in [0.15, 0.2) is 0 Å². The second-order valence-electron chi connectivity index (χ2n) is 7.65. The summed E-state index contributed by atoms with van der Waals surface area (Å²) in [4.78, 5) is 14.5. The van der Waals surface area contributed by atoms with Gasteiger partial charge < -0.3 is 10.2 Å². The molecule has 1 aromatic heterocycles. The maximum Gasteiger partial charge on any atom is 0.274 e. The molecule has 0 atom stereocenters. The molecule has 0 fully saturated rings. The van der Waals surface area contributed by atoms with Gasteiger partial charge in [0.1, 0.15) is 23.2 Å². The summed E-state index contributed by atoms with van der Waals surface area (Å²) in [6.45, 7) is 1.76. The quantitative estimate of drug-likeness (QED) is 0.360. The van der Waals surface area contributed by atoms with Crippen molar-refractivity contribution in [2.45, 2.75) is 6.92 Å². The number of amidine groups is 1. The maximum absolute atomic E-state index is 14.6. The number of carbonyl (C=O) groups is 1. The van der Waals surface area contributed by atoms with Crippen LogP contribution in [0.25, 0.3) is 16.5 Å². The lowest BCUT2D eigenvalue weighted by molar-refractivity contribution is 0.101. The number of nitrogens with zero attached hydrogens (tertiary/aromatic N) is 3. The van der Waals surface area contributed by atoms with Crippen molar-refractivity contribution in [3.8, 4) is 5.69 Å². The van der Waals surface area contributed by atoms with Crippen LogP contribution in [-0.4, -0.2) is 40.5 Å². The maximum atomic E-state index is 14.6. The number of halogens is 2. The van der Waals surface area contributed by atoms with E-state index in [1.807, 2.05) is 0 Å². The lowest BCUT2D eigenvalue weighted by Gasteiger charge is -2.15. The van der Waals surface area contributed by atoms with Crippen molar-refractivity contribution >= 4 is 28.2 Å². The largest absolute Gasteiger partial charge is 0.363 e. The number of aromatic nitrogens is 2. The van der Waals surface area contributed by atoms with Crippen LogP contribution in [0.3, 0.4) is 0 Å². The molecule has 4 aromatic rings. The van der Waals surface area contributed by atoms with E-state index in [9.17, 15) is 13.6 Å². The minimum absolute atomic E-state index is 0.00435. The van der Waals surface area contributed by atoms with Gasteiger partial charge in [-0.05, 0) is 66.2 Å². The van der Waals surface area contributed by atoms with Gasteiger partial charge in [-0.15, -0.1) is 0 Å². The van der Waals surface area contributed by atoms with Gasteiger partial charge in [-0.25, -0.2) is 13.5 Å². The molecule has 0 unspecified atom stereocenters. The molecule has 1 amide bonds. The summed E-state index contributed by atoms with van der Waals surface area (Å²) in [6, 6.07) is 15.6. The lowest BCUT2D eigenvalue weighted by Crippen LogP contribution is -2.22. The van der Waals surface area contributed by atoms with E-state index >= 15 is 0 Å². The van der Waals surface area contributed by atoms with E-state index < -0.39 is 11.7 Å². The van der Waals surface area contributed by atoms with E-state index in [4.69, 9.17) is 5.41 Å². The van der Waals surface area contributed by atoms with Crippen molar-refractivity contribution in [2.24, 2.45) is 0 Å². The Morgan fingerprint density at radius 3 is 2.44 bits per heavy atom. The number of benzene rings is 3. The fourth-order valence-electron chi connectivity index (χ4n) is 3.40. The SMILES string of the molecule is Cc1cc(C(=O)Nc2ccc(C(=N)N(C)C)cc2F)n(-c2ccc3cc(F)ccc3c2)n1. The molecule has 3 aromatic carbocycles. The second-order valence-corrected chi connectivity index (χ2v) is 7.65. The van der Waals surface area contributed by atoms with Gasteiger partial charge in [0.05, 0.1) is 17.1 Å². The van der Waals surface area contributed by atoms with E-state index in [2.05, 4.69) is 10.4 Å². The molecule has 0 radical (unpaired) electrons. The molecule has 8 heteroatoms. The molecular formula is C24H21F2N5O. The van der Waals surface area contributed by atoms with Crippen LogP contribution in [0.1, 0.15) is 21.7 Å². The molecule has 0 aliphatic carbocycles. The average molecular weight is 433 g/mol. The molecule has 0 spiro atoms. The number of anilines is 1. The normalized spacial score (nSPS) is 10.9. The topological polar surface area (TPSA) is 74.0 Å². The molecule has 0 saturated carbocycles. The second kappa shape index (κ2) is 8.22. The van der Waals surface area contributed by atoms with Gasteiger partial charge >= 0.3 is 0 Å². The van der Waals surface area contributed by atoms with E-state index in [1.165, 1.54) is 28.9 Å². The Labute approximate surface area is 183 Å². The number of nitrogens with one attached hydrogen (secondary N) is 2. The highest BCUT2D eigenvalue weighted by atomic mass is 19.1. The Bertz CT molecular complexity index is 1360. The smallest absolute Gasteiger partial charge is 0.274 e. The number of rotatable bonds is 4. The first-order valence-electron chi connectivity index (χ1n) is 9.86. The summed E-state index contributed by atoms with van der Waals surface area (Å²) in [7, 11) is 3.39. The van der Waals surface area contributed by atoms with E-state index in [0.717, 1.165) is 10.8 Å². The molecule has 4 rings (SSSR count). The predicted molar refractivity (Wildman–Crippen MR) is 121 cm³/mol. The number of aryl methyl sites for hydroxylation is 1. The van der Waals surface area contributed by atoms with Crippen molar-refractivity contribution in [1.82, 2.24) is 14.7 Å². The minimum atomic E-state index is -0.641. The van der Waals surface area contributed by atoms with Crippen LogP contribution in [0, 0.1) is 24.0 Å². The van der Waals surface area contributed by atoms with Crippen LogP contribution in [-0.2, 0) is 0 Å². The average Bonchev–Trinajstić information content (AvgIpc) is 3.16. The number of hydrogen-bond donors (Lipinski definition) is 2. The zero-order valence-electron chi connectivity index (χ0n) is 17.8. The first-order chi connectivity index (χ1) is 15.2. The summed E-state index contributed by atoms with van der Waals surface area (Å²) >= 11 is 0. The standard InChI is InChI=1S/C24H21F2N5O/c1-14-10-22(24(32)28-21-9-6-17(13-20(21)26)23(27)30(2)3)31(29-14)19-8-5-15-11-18(25)7-4-16(15)12-19/h4-13,27H,1-3H3,(H,28,32). The van der Waals surface area contributed by atoms with E-state index in [1.54, 1.807) is 62.3 Å². The Hall–Kier alpha value is -4.07. The Morgan fingerprint density at radius 1 is 1.00 bits per heavy atom. The fraction of sp³-hybridized carbons (Fsp3) is 0.125. The highest BCUT2D eigenvalue weighted by molar-refractivity contribution is 6.04. The predicted octanol–water partition coefficient (Wildman–Crippen LogP) is 4.75. The molecule has 0 saturated heterocycles. The van der Waals surface area contributed by atoms with Gasteiger partial charge in [-0.3, -0.25) is 10.2 Å².